The number of aromatic nitrogens is 15. The van der Waals surface area contributed by atoms with Crippen LogP contribution < -0.4 is 0 Å². The van der Waals surface area contributed by atoms with Crippen LogP contribution >= 0.6 is 0 Å². The van der Waals surface area contributed by atoms with Crippen molar-refractivity contribution in [3.05, 3.63) is 339 Å². The van der Waals surface area contributed by atoms with Crippen LogP contribution in [0.2, 0.25) is 0 Å². The molecule has 10 heterocycles. The SMILES string of the molecule is CC(C)c1ccnc2ccc(CO)cc12.CC(C)c1ccnc2cccc(C(F)(F)F)c12.CC(C)c1ccnc2ccncc12.CC(C)c1ncnc2cccc(CO)c12.Cc1ccc2nccc(C(C)C)c2c1.Cc1nc(C(C)C)c2c(F)cccc2n1.Cc1nc(C(C)C)c2cc(F)ccc2n1.Cc1nc(C(C)C)c2cccc(F)c2n1.Cc1nc(C(C)C)c2ccccc2n1. The fourth-order valence-electron chi connectivity index (χ4n) is 15.6. The van der Waals surface area contributed by atoms with Crippen molar-refractivity contribution >= 4 is 98.1 Å². The molecule has 0 fully saturated rings. The quantitative estimate of drug-likeness (QED) is 0.115. The largest absolute Gasteiger partial charge is 0.417 e. The Morgan fingerprint density at radius 1 is 0.293 bits per heavy atom. The molecule has 17 nitrogen and oxygen atoms in total. The molecule has 18 aromatic rings. The molecule has 0 bridgehead atoms. The van der Waals surface area contributed by atoms with Gasteiger partial charge in [0.05, 0.1) is 96.8 Å². The van der Waals surface area contributed by atoms with Gasteiger partial charge in [-0.2, -0.15) is 13.2 Å². The number of hydrogen-bond acceptors (Lipinski definition) is 17. The van der Waals surface area contributed by atoms with E-state index in [4.69, 9.17) is 5.11 Å². The number of pyridine rings is 5. The number of hydrogen-bond donors (Lipinski definition) is 2. The number of aryl methyl sites for hydroxylation is 5. The number of fused-ring (bicyclic) bond motifs is 9. The summed E-state index contributed by atoms with van der Waals surface area (Å²) < 4.78 is 79.1. The van der Waals surface area contributed by atoms with Gasteiger partial charge in [0.25, 0.3) is 0 Å². The highest BCUT2D eigenvalue weighted by molar-refractivity contribution is 5.89. The van der Waals surface area contributed by atoms with Gasteiger partial charge in [-0.25, -0.2) is 63.0 Å². The molecule has 0 aliphatic rings. The smallest absolute Gasteiger partial charge is 0.392 e. The lowest BCUT2D eigenvalue weighted by atomic mass is 9.95. The van der Waals surface area contributed by atoms with Crippen LogP contribution in [0, 0.1) is 52.1 Å². The van der Waals surface area contributed by atoms with Crippen LogP contribution in [0.3, 0.4) is 0 Å². The van der Waals surface area contributed by atoms with Gasteiger partial charge in [-0.05, 0) is 237 Å². The minimum Gasteiger partial charge on any atom is -0.392 e. The van der Waals surface area contributed by atoms with Crippen LogP contribution in [0.25, 0.3) is 98.1 Å². The van der Waals surface area contributed by atoms with E-state index < -0.39 is 11.7 Å². The molecule has 0 radical (unpaired) electrons. The lowest BCUT2D eigenvalue weighted by molar-refractivity contribution is -0.136. The molecule has 133 heavy (non-hydrogen) atoms. The standard InChI is InChI=1S/C13H12F3N.C13H15NO.C13H15N.3C12H13FN2.C12H14N2O.C12H14N2.C11H12N2/c1-8(2)9-6-7-17-11-5-3-4-10(12(9)11)13(14,15)16;1-9(2)11-5-6-14-13-4-3-10(8-15)7-12(11)13;1-9(2)11-6-7-14-13-5-4-10(3)8-12(11)13;1-7(2)12-10-6-9(13)4-5-11(10)14-8(3)15-12;1-7(2)12-11-9(13)5-4-6-10(11)14-8(3)15-12;1-7(2)11-9-5-4-6-10(13)12(9)15-8(3)14-11;1-8(2)12-11-9(6-15)4-3-5-10(11)13-7-14-12;1-8(2)12-10-6-4-5-7-11(10)13-9(3)14-12;1-8(2)9-3-6-13-11-4-5-12-7-10(9)11/h3-8H,1-2H3;3-7,9,15H,8H2,1-2H3;4-9H,1-3H3;3*4-7H,1-3H3;3-5,7-8,15H,6H2,1-2H3;4-8H,1-3H3;3-8H,1-2H3. The summed E-state index contributed by atoms with van der Waals surface area (Å²) in [5.74, 6) is 5.26. The first kappa shape index (κ1) is 102. The third-order valence-corrected chi connectivity index (χ3v) is 22.0. The molecule has 0 atom stereocenters. The fourth-order valence-corrected chi connectivity index (χ4v) is 15.6. The van der Waals surface area contributed by atoms with E-state index >= 15 is 0 Å². The first-order chi connectivity index (χ1) is 63.3. The monoisotopic (exact) mass is 1800 g/mol. The highest BCUT2D eigenvalue weighted by Gasteiger charge is 2.34. The maximum atomic E-state index is 13.7. The summed E-state index contributed by atoms with van der Waals surface area (Å²) in [6, 6.07) is 54.8. The highest BCUT2D eigenvalue weighted by Crippen LogP contribution is 2.39. The Bertz CT molecular complexity index is 6970. The van der Waals surface area contributed by atoms with Crippen molar-refractivity contribution in [2.24, 2.45) is 0 Å². The first-order valence-corrected chi connectivity index (χ1v) is 45.1. The van der Waals surface area contributed by atoms with Crippen molar-refractivity contribution in [1.82, 2.24) is 74.8 Å². The van der Waals surface area contributed by atoms with Crippen molar-refractivity contribution in [3.8, 4) is 0 Å². The molecule has 0 aliphatic heterocycles. The van der Waals surface area contributed by atoms with Gasteiger partial charge in [0.1, 0.15) is 52.6 Å². The van der Waals surface area contributed by atoms with Gasteiger partial charge in [0.2, 0.25) is 0 Å². The van der Waals surface area contributed by atoms with Gasteiger partial charge in [-0.3, -0.25) is 24.9 Å². The molecule has 18 rings (SSSR count). The van der Waals surface area contributed by atoms with E-state index in [-0.39, 0.29) is 59.7 Å². The Balaban J connectivity index is 0.000000155. The first-order valence-electron chi connectivity index (χ1n) is 45.1. The summed E-state index contributed by atoms with van der Waals surface area (Å²) >= 11 is 0. The van der Waals surface area contributed by atoms with Crippen LogP contribution in [0.15, 0.2) is 225 Å². The molecule has 10 aromatic heterocycles. The van der Waals surface area contributed by atoms with Gasteiger partial charge in [-0.1, -0.05) is 197 Å². The second kappa shape index (κ2) is 46.7. The zero-order valence-corrected chi connectivity index (χ0v) is 80.3. The summed E-state index contributed by atoms with van der Waals surface area (Å²) in [5.41, 5.74) is 19.4. The van der Waals surface area contributed by atoms with E-state index in [9.17, 15) is 31.4 Å². The Kier molecular flexibility index (Phi) is 35.8. The van der Waals surface area contributed by atoms with Crippen molar-refractivity contribution in [2.45, 2.75) is 232 Å². The third-order valence-electron chi connectivity index (χ3n) is 22.0. The topological polar surface area (TPSA) is 234 Å². The molecule has 0 saturated carbocycles. The Morgan fingerprint density at radius 2 is 0.729 bits per heavy atom. The van der Waals surface area contributed by atoms with Gasteiger partial charge in [-0.15, -0.1) is 0 Å². The number of aliphatic hydroxyl groups excluding tert-OH is 2. The zero-order chi connectivity index (χ0) is 96.8. The summed E-state index contributed by atoms with van der Waals surface area (Å²) in [4.78, 5) is 64.2. The highest BCUT2D eigenvalue weighted by atomic mass is 19.4. The maximum absolute atomic E-state index is 13.7. The van der Waals surface area contributed by atoms with E-state index in [0.717, 1.165) is 112 Å². The Morgan fingerprint density at radius 3 is 1.29 bits per heavy atom. The van der Waals surface area contributed by atoms with Crippen LogP contribution in [0.4, 0.5) is 26.3 Å². The van der Waals surface area contributed by atoms with E-state index in [1.807, 2.05) is 180 Å². The fraction of sp³-hybridized carbons (Fsp3) is 0.318. The summed E-state index contributed by atoms with van der Waals surface area (Å²) in [5, 5.41) is 26.6. The van der Waals surface area contributed by atoms with Crippen LogP contribution in [-0.4, -0.2) is 85.0 Å². The minimum absolute atomic E-state index is 0.0315. The number of nitrogens with zero attached hydrogens (tertiary/aromatic N) is 15. The summed E-state index contributed by atoms with van der Waals surface area (Å²) in [7, 11) is 0. The Hall–Kier alpha value is -13.3. The van der Waals surface area contributed by atoms with E-state index in [1.54, 1.807) is 56.0 Å². The number of benzene rings is 8. The number of aliphatic hydroxyl groups is 2. The predicted octanol–water partition coefficient (Wildman–Crippen LogP) is 28.6. The number of rotatable bonds is 11. The lowest BCUT2D eigenvalue weighted by Crippen LogP contribution is -2.07. The predicted molar refractivity (Wildman–Crippen MR) is 530 cm³/mol. The van der Waals surface area contributed by atoms with E-state index in [1.165, 1.54) is 68.7 Å². The molecule has 2 N–H and O–H groups in total. The second-order valence-electron chi connectivity index (χ2n) is 35.4. The average molecular weight is 1800 g/mol. The van der Waals surface area contributed by atoms with E-state index in [2.05, 4.69) is 187 Å². The molecule has 0 amide bonds. The summed E-state index contributed by atoms with van der Waals surface area (Å²) in [6.07, 6.45) is 8.06. The zero-order valence-electron chi connectivity index (χ0n) is 80.3. The molecule has 8 aromatic carbocycles. The molecular formula is C110H121F6N15O2. The lowest BCUT2D eigenvalue weighted by Gasteiger charge is -2.15. The van der Waals surface area contributed by atoms with Crippen molar-refractivity contribution in [3.63, 3.8) is 0 Å². The molecule has 0 unspecified atom stereocenters. The van der Waals surface area contributed by atoms with Gasteiger partial charge >= 0.3 is 6.18 Å². The second-order valence-corrected chi connectivity index (χ2v) is 35.4. The number of alkyl halides is 3. The number of para-hydroxylation sites is 2. The van der Waals surface area contributed by atoms with E-state index in [0.29, 0.717) is 68.7 Å². The molecule has 0 aliphatic carbocycles. The number of halogens is 6. The minimum atomic E-state index is -4.34. The molecule has 0 spiro atoms. The molecule has 690 valence electrons. The van der Waals surface area contributed by atoms with Crippen LogP contribution in [0.1, 0.15) is 274 Å². The molecular weight excluding hydrogens is 1680 g/mol. The molecule has 0 saturated heterocycles. The van der Waals surface area contributed by atoms with Gasteiger partial charge in [0, 0.05) is 80.3 Å². The van der Waals surface area contributed by atoms with Crippen molar-refractivity contribution in [1.29, 1.82) is 0 Å². The Labute approximate surface area is 776 Å². The van der Waals surface area contributed by atoms with Crippen LogP contribution in [-0.2, 0) is 19.4 Å². The normalized spacial score (nSPS) is 11.3. The van der Waals surface area contributed by atoms with Gasteiger partial charge < -0.3 is 10.2 Å². The van der Waals surface area contributed by atoms with Gasteiger partial charge in [0.15, 0.2) is 0 Å². The average Bonchev–Trinajstić information content (AvgIpc) is 0.773. The molecule has 23 heteroatoms. The van der Waals surface area contributed by atoms with Crippen LogP contribution in [0.5, 0.6) is 0 Å². The summed E-state index contributed by atoms with van der Waals surface area (Å²) in [6.45, 7) is 47.3. The maximum Gasteiger partial charge on any atom is 0.417 e. The van der Waals surface area contributed by atoms with Crippen molar-refractivity contribution < 1.29 is 36.6 Å². The third kappa shape index (κ3) is 26.4. The van der Waals surface area contributed by atoms with Crippen molar-refractivity contribution in [2.75, 3.05) is 0 Å².